The number of piperazine rings is 1. The van der Waals surface area contributed by atoms with Gasteiger partial charge >= 0.3 is 0 Å². The van der Waals surface area contributed by atoms with Crippen LogP contribution < -0.4 is 20.7 Å². The first-order valence-corrected chi connectivity index (χ1v) is 13.1. The first kappa shape index (κ1) is 23.1. The van der Waals surface area contributed by atoms with E-state index in [1.54, 1.807) is 23.9 Å². The van der Waals surface area contributed by atoms with E-state index >= 15 is 0 Å². The van der Waals surface area contributed by atoms with Crippen molar-refractivity contribution in [3.8, 4) is 11.4 Å². The van der Waals surface area contributed by atoms with Gasteiger partial charge in [-0.2, -0.15) is 0 Å². The van der Waals surface area contributed by atoms with Crippen LogP contribution in [0.15, 0.2) is 53.7 Å². The Morgan fingerprint density at radius 1 is 0.944 bits per heavy atom. The lowest BCUT2D eigenvalue weighted by Gasteiger charge is -2.35. The number of hydrogen-bond donors (Lipinski definition) is 1. The van der Waals surface area contributed by atoms with Gasteiger partial charge in [-0.25, -0.2) is 15.0 Å². The lowest BCUT2D eigenvalue weighted by atomic mass is 10.0. The molecule has 0 amide bonds. The topological polar surface area (TPSA) is 82.4 Å². The second-order valence-corrected chi connectivity index (χ2v) is 10.1. The Hall–Kier alpha value is -3.30. The number of rotatable bonds is 5. The molecular weight excluding hydrogens is 452 g/mol. The number of benzene rings is 1. The molecule has 1 aromatic carbocycles. The third-order valence-electron chi connectivity index (χ3n) is 7.89. The van der Waals surface area contributed by atoms with Crippen LogP contribution in [-0.2, 0) is 7.05 Å². The fraction of sp³-hybridized carbons (Fsp3) is 0.481. The third kappa shape index (κ3) is 4.60. The molecule has 0 radical (unpaired) electrons. The minimum atomic E-state index is -0.0918. The molecule has 3 saturated heterocycles. The molecular formula is C27H34N8O. The Morgan fingerprint density at radius 2 is 1.78 bits per heavy atom. The zero-order valence-electron chi connectivity index (χ0n) is 20.9. The van der Waals surface area contributed by atoms with E-state index in [9.17, 15) is 4.79 Å². The standard InChI is InChI=1S/C27H34N8O/c1-32-26(36)16-24(23-8-10-28-19-30-23)31-27(32)35-15-11-29-25(18-35)20-4-6-21(7-5-20)34-14-9-22(17-34)33-12-2-3-13-33/h4-8,10,16,19,22,25,29H,2-3,9,11-15,17-18H2,1H3. The Bertz CT molecular complexity index is 1240. The van der Waals surface area contributed by atoms with Crippen molar-refractivity contribution in [2.75, 3.05) is 55.6 Å². The zero-order valence-corrected chi connectivity index (χ0v) is 20.9. The molecule has 1 N–H and O–H groups in total. The fourth-order valence-corrected chi connectivity index (χ4v) is 5.84. The van der Waals surface area contributed by atoms with E-state index in [2.05, 4.69) is 54.2 Å². The van der Waals surface area contributed by atoms with Crippen molar-refractivity contribution in [1.29, 1.82) is 0 Å². The fourth-order valence-electron chi connectivity index (χ4n) is 5.84. The molecule has 9 nitrogen and oxygen atoms in total. The van der Waals surface area contributed by atoms with Crippen LogP contribution in [0, 0.1) is 0 Å². The van der Waals surface area contributed by atoms with Crippen LogP contribution in [0.1, 0.15) is 30.9 Å². The van der Waals surface area contributed by atoms with Crippen LogP contribution in [0.3, 0.4) is 0 Å². The first-order valence-electron chi connectivity index (χ1n) is 13.1. The molecule has 3 aromatic rings. The third-order valence-corrected chi connectivity index (χ3v) is 7.89. The summed E-state index contributed by atoms with van der Waals surface area (Å²) in [4.78, 5) is 33.2. The van der Waals surface area contributed by atoms with E-state index in [1.807, 2.05) is 0 Å². The summed E-state index contributed by atoms with van der Waals surface area (Å²) in [6, 6.07) is 13.2. The van der Waals surface area contributed by atoms with Crippen LogP contribution in [0.2, 0.25) is 0 Å². The Kier molecular flexibility index (Phi) is 6.41. The summed E-state index contributed by atoms with van der Waals surface area (Å²) in [5.74, 6) is 0.671. The van der Waals surface area contributed by atoms with E-state index in [0.717, 1.165) is 32.7 Å². The summed E-state index contributed by atoms with van der Waals surface area (Å²) in [5.41, 5.74) is 3.71. The number of likely N-dealkylation sites (tertiary alicyclic amines) is 1. The molecule has 3 aliphatic rings. The molecule has 0 saturated carbocycles. The smallest absolute Gasteiger partial charge is 0.255 e. The summed E-state index contributed by atoms with van der Waals surface area (Å²) in [7, 11) is 1.78. The Balaban J connectivity index is 1.17. The molecule has 6 rings (SSSR count). The molecule has 5 heterocycles. The molecule has 36 heavy (non-hydrogen) atoms. The molecule has 2 atom stereocenters. The summed E-state index contributed by atoms with van der Waals surface area (Å²) in [6.45, 7) is 7.16. The van der Waals surface area contributed by atoms with Gasteiger partial charge in [-0.1, -0.05) is 12.1 Å². The van der Waals surface area contributed by atoms with Gasteiger partial charge in [-0.3, -0.25) is 14.3 Å². The van der Waals surface area contributed by atoms with Gasteiger partial charge in [0.05, 0.1) is 11.4 Å². The number of nitrogens with zero attached hydrogens (tertiary/aromatic N) is 7. The van der Waals surface area contributed by atoms with Crippen LogP contribution in [-0.4, -0.2) is 76.3 Å². The summed E-state index contributed by atoms with van der Waals surface area (Å²) in [6.07, 6.45) is 7.12. The van der Waals surface area contributed by atoms with Crippen LogP contribution in [0.5, 0.6) is 0 Å². The summed E-state index contributed by atoms with van der Waals surface area (Å²) in [5, 5.41) is 3.65. The Labute approximate surface area is 211 Å². The van der Waals surface area contributed by atoms with E-state index in [4.69, 9.17) is 4.98 Å². The highest BCUT2D eigenvalue weighted by molar-refractivity contribution is 5.55. The lowest BCUT2D eigenvalue weighted by Crippen LogP contribution is -2.47. The molecule has 3 aliphatic heterocycles. The van der Waals surface area contributed by atoms with Gasteiger partial charge in [0.1, 0.15) is 6.33 Å². The first-order chi connectivity index (χ1) is 17.7. The highest BCUT2D eigenvalue weighted by Crippen LogP contribution is 2.28. The van der Waals surface area contributed by atoms with Crippen LogP contribution in [0.4, 0.5) is 11.6 Å². The monoisotopic (exact) mass is 486 g/mol. The summed E-state index contributed by atoms with van der Waals surface area (Å²) < 4.78 is 1.63. The molecule has 2 aromatic heterocycles. The van der Waals surface area contributed by atoms with Crippen molar-refractivity contribution in [3.05, 3.63) is 64.8 Å². The SMILES string of the molecule is Cn1c(N2CCNC(c3ccc(N4CCC(N5CCCC5)C4)cc3)C2)nc(-c2ccncn2)cc1=O. The molecule has 188 valence electrons. The lowest BCUT2D eigenvalue weighted by molar-refractivity contribution is 0.260. The molecule has 2 unspecified atom stereocenters. The van der Waals surface area contributed by atoms with E-state index in [1.165, 1.54) is 56.0 Å². The predicted octanol–water partition coefficient (Wildman–Crippen LogP) is 2.06. The predicted molar refractivity (Wildman–Crippen MR) is 141 cm³/mol. The maximum atomic E-state index is 12.7. The molecule has 0 bridgehead atoms. The molecule has 0 spiro atoms. The van der Waals surface area contributed by atoms with Crippen molar-refractivity contribution >= 4 is 11.6 Å². The number of aromatic nitrogens is 4. The quantitative estimate of drug-likeness (QED) is 0.587. The second kappa shape index (κ2) is 9.99. The minimum Gasteiger partial charge on any atom is -0.370 e. The van der Waals surface area contributed by atoms with Crippen molar-refractivity contribution in [1.82, 2.24) is 29.7 Å². The van der Waals surface area contributed by atoms with E-state index < -0.39 is 0 Å². The van der Waals surface area contributed by atoms with E-state index in [-0.39, 0.29) is 11.6 Å². The molecule has 9 heteroatoms. The maximum Gasteiger partial charge on any atom is 0.255 e. The normalized spacial score (nSPS) is 22.9. The minimum absolute atomic E-state index is 0.0918. The highest BCUT2D eigenvalue weighted by Gasteiger charge is 2.30. The van der Waals surface area contributed by atoms with Gasteiger partial charge in [0.15, 0.2) is 0 Å². The van der Waals surface area contributed by atoms with Gasteiger partial charge in [-0.15, -0.1) is 0 Å². The number of anilines is 2. The summed E-state index contributed by atoms with van der Waals surface area (Å²) >= 11 is 0. The molecule has 0 aliphatic carbocycles. The van der Waals surface area contributed by atoms with Crippen molar-refractivity contribution in [3.63, 3.8) is 0 Å². The van der Waals surface area contributed by atoms with Crippen molar-refractivity contribution in [2.45, 2.75) is 31.3 Å². The highest BCUT2D eigenvalue weighted by atomic mass is 16.1. The second-order valence-electron chi connectivity index (χ2n) is 10.1. The van der Waals surface area contributed by atoms with Crippen molar-refractivity contribution in [2.24, 2.45) is 7.05 Å². The molecule has 3 fully saturated rings. The van der Waals surface area contributed by atoms with Gasteiger partial charge in [0.2, 0.25) is 5.95 Å². The van der Waals surface area contributed by atoms with E-state index in [0.29, 0.717) is 23.4 Å². The van der Waals surface area contributed by atoms with Gasteiger partial charge in [-0.05, 0) is 56.1 Å². The van der Waals surface area contributed by atoms with Crippen LogP contribution in [0.25, 0.3) is 11.4 Å². The van der Waals surface area contributed by atoms with Gasteiger partial charge < -0.3 is 15.1 Å². The number of hydrogen-bond acceptors (Lipinski definition) is 8. The van der Waals surface area contributed by atoms with Gasteiger partial charge in [0, 0.05) is 69.8 Å². The Morgan fingerprint density at radius 3 is 2.56 bits per heavy atom. The zero-order chi connectivity index (χ0) is 24.5. The maximum absolute atomic E-state index is 12.7. The largest absolute Gasteiger partial charge is 0.370 e. The average molecular weight is 487 g/mol. The van der Waals surface area contributed by atoms with Crippen LogP contribution >= 0.6 is 0 Å². The number of nitrogens with one attached hydrogen (secondary N) is 1. The van der Waals surface area contributed by atoms with Gasteiger partial charge in [0.25, 0.3) is 5.56 Å². The average Bonchev–Trinajstić information content (AvgIpc) is 3.64. The van der Waals surface area contributed by atoms with Crippen molar-refractivity contribution < 1.29 is 0 Å².